The molecule has 0 saturated carbocycles. The van der Waals surface area contributed by atoms with Crippen LogP contribution in [0.2, 0.25) is 0 Å². The predicted molar refractivity (Wildman–Crippen MR) is 58.5 cm³/mol. The minimum Gasteiger partial charge on any atom is -0.306 e. The molecule has 1 aliphatic rings. The Labute approximate surface area is 94.5 Å². The van der Waals surface area contributed by atoms with E-state index in [0.29, 0.717) is 24.1 Å². The summed E-state index contributed by atoms with van der Waals surface area (Å²) in [4.78, 5) is 6.17. The molecule has 1 aliphatic heterocycles. The third-order valence-corrected chi connectivity index (χ3v) is 3.13. The number of pyridine rings is 1. The second-order valence-electron chi connectivity index (χ2n) is 4.31. The van der Waals surface area contributed by atoms with Crippen LogP contribution in [-0.2, 0) is 5.67 Å². The van der Waals surface area contributed by atoms with Gasteiger partial charge in [0.25, 0.3) is 0 Å². The molecular formula is C12H14FN3. The summed E-state index contributed by atoms with van der Waals surface area (Å²) in [7, 11) is 1.99. The summed E-state index contributed by atoms with van der Waals surface area (Å²) in [6, 6.07) is 5.24. The number of rotatable bonds is 1. The van der Waals surface area contributed by atoms with Crippen LogP contribution in [0.25, 0.3) is 0 Å². The Bertz CT molecular complexity index is 399. The van der Waals surface area contributed by atoms with E-state index in [4.69, 9.17) is 5.26 Å². The van der Waals surface area contributed by atoms with Gasteiger partial charge in [0.05, 0.1) is 11.3 Å². The van der Waals surface area contributed by atoms with Gasteiger partial charge in [-0.05, 0) is 32.0 Å². The van der Waals surface area contributed by atoms with Crippen LogP contribution < -0.4 is 0 Å². The number of halogens is 1. The van der Waals surface area contributed by atoms with Gasteiger partial charge < -0.3 is 4.90 Å². The molecule has 0 aliphatic carbocycles. The zero-order chi connectivity index (χ0) is 11.6. The van der Waals surface area contributed by atoms with Crippen molar-refractivity contribution in [3.63, 3.8) is 0 Å². The Morgan fingerprint density at radius 1 is 1.44 bits per heavy atom. The fraction of sp³-hybridized carbons (Fsp3) is 0.500. The molecule has 1 aromatic rings. The van der Waals surface area contributed by atoms with E-state index in [1.54, 1.807) is 12.1 Å². The molecule has 84 valence electrons. The number of likely N-dealkylation sites (tertiary alicyclic amines) is 1. The first-order valence-corrected chi connectivity index (χ1v) is 5.38. The molecule has 3 nitrogen and oxygen atoms in total. The van der Waals surface area contributed by atoms with E-state index in [1.165, 1.54) is 6.20 Å². The number of piperidine rings is 1. The van der Waals surface area contributed by atoms with Crippen LogP contribution >= 0.6 is 0 Å². The molecule has 0 atom stereocenters. The lowest BCUT2D eigenvalue weighted by molar-refractivity contribution is 0.0634. The Hall–Kier alpha value is -1.47. The second kappa shape index (κ2) is 4.18. The average molecular weight is 219 g/mol. The monoisotopic (exact) mass is 219 g/mol. The first-order chi connectivity index (χ1) is 7.64. The summed E-state index contributed by atoms with van der Waals surface area (Å²) in [5.74, 6) is 0. The van der Waals surface area contributed by atoms with Gasteiger partial charge >= 0.3 is 0 Å². The maximum atomic E-state index is 14.5. The van der Waals surface area contributed by atoms with Gasteiger partial charge in [0.1, 0.15) is 6.07 Å². The van der Waals surface area contributed by atoms with Crippen molar-refractivity contribution < 1.29 is 4.39 Å². The van der Waals surface area contributed by atoms with Crippen LogP contribution in [-0.4, -0.2) is 30.0 Å². The number of nitriles is 1. The van der Waals surface area contributed by atoms with Crippen LogP contribution in [0.1, 0.15) is 24.1 Å². The summed E-state index contributed by atoms with van der Waals surface area (Å²) in [6.45, 7) is 1.50. The molecule has 0 amide bonds. The topological polar surface area (TPSA) is 39.9 Å². The number of alkyl halides is 1. The van der Waals surface area contributed by atoms with Crippen molar-refractivity contribution in [3.8, 4) is 6.07 Å². The number of aromatic nitrogens is 1. The first kappa shape index (κ1) is 11.0. The van der Waals surface area contributed by atoms with Crippen LogP contribution in [0.3, 0.4) is 0 Å². The van der Waals surface area contributed by atoms with Gasteiger partial charge in [-0.3, -0.25) is 4.98 Å². The molecule has 0 spiro atoms. The summed E-state index contributed by atoms with van der Waals surface area (Å²) >= 11 is 0. The summed E-state index contributed by atoms with van der Waals surface area (Å²) < 4.78 is 14.5. The van der Waals surface area contributed by atoms with Crippen molar-refractivity contribution in [1.82, 2.24) is 9.88 Å². The average Bonchev–Trinajstić information content (AvgIpc) is 2.33. The normalized spacial score (nSPS) is 20.3. The molecule has 0 bridgehead atoms. The summed E-state index contributed by atoms with van der Waals surface area (Å²) in [6.07, 6.45) is 2.39. The Balaban J connectivity index is 2.20. The molecular weight excluding hydrogens is 205 g/mol. The summed E-state index contributed by atoms with van der Waals surface area (Å²) in [5, 5.41) is 8.65. The fourth-order valence-corrected chi connectivity index (χ4v) is 1.95. The highest BCUT2D eigenvalue weighted by Gasteiger charge is 2.36. The van der Waals surface area contributed by atoms with Gasteiger partial charge in [-0.2, -0.15) is 5.26 Å². The maximum absolute atomic E-state index is 14.5. The lowest BCUT2D eigenvalue weighted by Crippen LogP contribution is -2.38. The van der Waals surface area contributed by atoms with Gasteiger partial charge in [0.2, 0.25) is 0 Å². The van der Waals surface area contributed by atoms with Gasteiger partial charge in [0, 0.05) is 19.3 Å². The standard InChI is InChI=1S/C12H14FN3/c1-16-6-4-12(13,5-7-16)11-3-2-10(8-14)9-15-11/h2-3,9H,4-7H2,1H3. The first-order valence-electron chi connectivity index (χ1n) is 5.38. The smallest absolute Gasteiger partial charge is 0.155 e. The van der Waals surface area contributed by atoms with E-state index < -0.39 is 5.67 Å². The van der Waals surface area contributed by atoms with Gasteiger partial charge in [-0.15, -0.1) is 0 Å². The molecule has 0 radical (unpaired) electrons. The molecule has 1 aromatic heterocycles. The van der Waals surface area contributed by atoms with Crippen LogP contribution in [0, 0.1) is 11.3 Å². The van der Waals surface area contributed by atoms with E-state index in [9.17, 15) is 4.39 Å². The molecule has 4 heteroatoms. The van der Waals surface area contributed by atoms with Crippen LogP contribution in [0.5, 0.6) is 0 Å². The highest BCUT2D eigenvalue weighted by Crippen LogP contribution is 2.35. The van der Waals surface area contributed by atoms with Gasteiger partial charge in [-0.1, -0.05) is 0 Å². The van der Waals surface area contributed by atoms with Crippen molar-refractivity contribution in [2.24, 2.45) is 0 Å². The Morgan fingerprint density at radius 2 is 2.12 bits per heavy atom. The quantitative estimate of drug-likeness (QED) is 0.723. The summed E-state index contributed by atoms with van der Waals surface area (Å²) in [5.41, 5.74) is -0.389. The SMILES string of the molecule is CN1CCC(F)(c2ccc(C#N)cn2)CC1. The van der Waals surface area contributed by atoms with Crippen molar-refractivity contribution in [2.75, 3.05) is 20.1 Å². The van der Waals surface area contributed by atoms with Gasteiger partial charge in [-0.25, -0.2) is 4.39 Å². The van der Waals surface area contributed by atoms with E-state index >= 15 is 0 Å². The highest BCUT2D eigenvalue weighted by atomic mass is 19.1. The fourth-order valence-electron chi connectivity index (χ4n) is 1.95. The molecule has 0 N–H and O–H groups in total. The molecule has 16 heavy (non-hydrogen) atoms. The van der Waals surface area contributed by atoms with Crippen LogP contribution in [0.4, 0.5) is 4.39 Å². The highest BCUT2D eigenvalue weighted by molar-refractivity contribution is 5.28. The van der Waals surface area contributed by atoms with Crippen molar-refractivity contribution in [3.05, 3.63) is 29.6 Å². The maximum Gasteiger partial charge on any atom is 0.155 e. The Morgan fingerprint density at radius 3 is 2.62 bits per heavy atom. The molecule has 0 unspecified atom stereocenters. The zero-order valence-corrected chi connectivity index (χ0v) is 9.28. The lowest BCUT2D eigenvalue weighted by Gasteiger charge is -2.33. The Kier molecular flexibility index (Phi) is 2.88. The number of nitrogens with zero attached hydrogens (tertiary/aromatic N) is 3. The minimum absolute atomic E-state index is 0.458. The molecule has 1 fully saturated rings. The zero-order valence-electron chi connectivity index (χ0n) is 9.28. The lowest BCUT2D eigenvalue weighted by atomic mass is 9.89. The molecule has 1 saturated heterocycles. The number of hydrogen-bond acceptors (Lipinski definition) is 3. The van der Waals surface area contributed by atoms with Crippen molar-refractivity contribution >= 4 is 0 Å². The second-order valence-corrected chi connectivity index (χ2v) is 4.31. The predicted octanol–water partition coefficient (Wildman–Crippen LogP) is 1.84. The van der Waals surface area contributed by atoms with E-state index in [1.807, 2.05) is 13.1 Å². The van der Waals surface area contributed by atoms with E-state index in [0.717, 1.165) is 13.1 Å². The number of hydrogen-bond donors (Lipinski definition) is 0. The largest absolute Gasteiger partial charge is 0.306 e. The third-order valence-electron chi connectivity index (χ3n) is 3.13. The van der Waals surface area contributed by atoms with E-state index in [-0.39, 0.29) is 0 Å². The van der Waals surface area contributed by atoms with Crippen molar-refractivity contribution in [2.45, 2.75) is 18.5 Å². The minimum atomic E-state index is -1.32. The molecule has 0 aromatic carbocycles. The molecule has 2 heterocycles. The van der Waals surface area contributed by atoms with Crippen molar-refractivity contribution in [1.29, 1.82) is 5.26 Å². The molecule has 2 rings (SSSR count). The van der Waals surface area contributed by atoms with E-state index in [2.05, 4.69) is 9.88 Å². The third kappa shape index (κ3) is 2.05. The van der Waals surface area contributed by atoms with Crippen LogP contribution in [0.15, 0.2) is 18.3 Å². The van der Waals surface area contributed by atoms with Gasteiger partial charge in [0.15, 0.2) is 5.67 Å².